The second-order valence-electron chi connectivity index (χ2n) is 4.80. The summed E-state index contributed by atoms with van der Waals surface area (Å²) in [4.78, 5) is 0. The number of ether oxygens (including phenoxy) is 1. The van der Waals surface area contributed by atoms with Gasteiger partial charge in [0.15, 0.2) is 4.27 Å². The lowest BCUT2D eigenvalue weighted by Gasteiger charge is -2.49. The predicted molar refractivity (Wildman–Crippen MR) is 78.6 cm³/mol. The summed E-state index contributed by atoms with van der Waals surface area (Å²) in [5.74, 6) is 3.03. The lowest BCUT2D eigenvalue weighted by Crippen LogP contribution is -2.60. The molecule has 2 rings (SSSR count). The third kappa shape index (κ3) is 2.18. The molecular weight excluding hydrogens is 250 g/mol. The first-order valence-corrected chi connectivity index (χ1v) is 8.40. The first-order chi connectivity index (χ1) is 8.21. The summed E-state index contributed by atoms with van der Waals surface area (Å²) in [6.07, 6.45) is 7.03. The molecule has 2 heterocycles. The van der Waals surface area contributed by atoms with Gasteiger partial charge in [0.25, 0.3) is 0 Å². The van der Waals surface area contributed by atoms with Gasteiger partial charge in [-0.25, -0.2) is 0 Å². The summed E-state index contributed by atoms with van der Waals surface area (Å²) >= 11 is 3.95. The molecule has 0 aromatic rings. The smallest absolute Gasteiger partial charge is 0.182 e. The number of allylic oxidation sites excluding steroid dienone is 1. The maximum absolute atomic E-state index is 6.00. The van der Waals surface area contributed by atoms with Gasteiger partial charge in [-0.15, -0.1) is 23.5 Å². The van der Waals surface area contributed by atoms with Crippen molar-refractivity contribution in [2.45, 2.75) is 36.5 Å². The predicted octanol–water partition coefficient (Wildman–Crippen LogP) is 3.10. The van der Waals surface area contributed by atoms with Crippen LogP contribution in [0.1, 0.15) is 26.7 Å². The summed E-state index contributed by atoms with van der Waals surface area (Å²) < 4.78 is 5.86. The quantitative estimate of drug-likeness (QED) is 0.797. The molecule has 2 saturated heterocycles. The summed E-state index contributed by atoms with van der Waals surface area (Å²) in [6.45, 7) is 5.55. The van der Waals surface area contributed by atoms with Crippen LogP contribution >= 0.6 is 23.5 Å². The minimum absolute atomic E-state index is 0.00769. The number of nitrogens with one attached hydrogen (secondary N) is 1. The maximum atomic E-state index is 6.00. The van der Waals surface area contributed by atoms with Crippen LogP contribution in [0.2, 0.25) is 0 Å². The van der Waals surface area contributed by atoms with E-state index >= 15 is 0 Å². The van der Waals surface area contributed by atoms with Crippen LogP contribution in [0.25, 0.3) is 0 Å². The number of hydrogen-bond acceptors (Lipinski definition) is 4. The van der Waals surface area contributed by atoms with Crippen molar-refractivity contribution in [1.82, 2.24) is 5.32 Å². The van der Waals surface area contributed by atoms with Gasteiger partial charge in [0.1, 0.15) is 0 Å². The molecule has 2 aliphatic rings. The molecule has 2 nitrogen and oxygen atoms in total. The topological polar surface area (TPSA) is 21.3 Å². The van der Waals surface area contributed by atoms with Crippen LogP contribution in [-0.2, 0) is 4.74 Å². The largest absolute Gasteiger partial charge is 0.356 e. The lowest BCUT2D eigenvalue weighted by molar-refractivity contribution is 0.0686. The van der Waals surface area contributed by atoms with Crippen LogP contribution in [0, 0.1) is 5.92 Å². The Hall–Kier alpha value is 0.360. The second-order valence-corrected chi connectivity index (χ2v) is 7.60. The Labute approximate surface area is 113 Å². The van der Waals surface area contributed by atoms with Crippen LogP contribution in [-0.4, -0.2) is 35.0 Å². The fraction of sp³-hybridized carbons (Fsp3) is 0.846. The minimum Gasteiger partial charge on any atom is -0.356 e. The molecule has 0 saturated carbocycles. The van der Waals surface area contributed by atoms with Gasteiger partial charge in [0.2, 0.25) is 0 Å². The third-order valence-electron chi connectivity index (χ3n) is 3.85. The zero-order valence-electron chi connectivity index (χ0n) is 11.0. The van der Waals surface area contributed by atoms with Crippen molar-refractivity contribution >= 4 is 23.5 Å². The van der Waals surface area contributed by atoms with E-state index in [0.717, 1.165) is 6.54 Å². The molecule has 1 N–H and O–H groups in total. The van der Waals surface area contributed by atoms with Crippen molar-refractivity contribution < 1.29 is 4.74 Å². The van der Waals surface area contributed by atoms with E-state index in [0.29, 0.717) is 5.92 Å². The fourth-order valence-electron chi connectivity index (χ4n) is 2.93. The van der Waals surface area contributed by atoms with E-state index in [9.17, 15) is 0 Å². The van der Waals surface area contributed by atoms with E-state index in [1.54, 1.807) is 0 Å². The maximum Gasteiger partial charge on any atom is 0.182 e. The zero-order valence-corrected chi connectivity index (χ0v) is 12.6. The Bertz CT molecular complexity index is 289. The van der Waals surface area contributed by atoms with Crippen LogP contribution in [0.5, 0.6) is 0 Å². The van der Waals surface area contributed by atoms with Crippen molar-refractivity contribution in [3.05, 3.63) is 12.2 Å². The Morgan fingerprint density at radius 2 is 2.06 bits per heavy atom. The molecule has 0 aromatic carbocycles. The Morgan fingerprint density at radius 3 is 2.53 bits per heavy atom. The van der Waals surface area contributed by atoms with Gasteiger partial charge in [0, 0.05) is 7.11 Å². The lowest BCUT2D eigenvalue weighted by atomic mass is 9.86. The molecule has 2 atom stereocenters. The molecule has 0 aliphatic carbocycles. The van der Waals surface area contributed by atoms with Gasteiger partial charge in [-0.1, -0.05) is 19.1 Å². The van der Waals surface area contributed by atoms with Crippen LogP contribution in [0.15, 0.2) is 12.2 Å². The molecular formula is C13H23NOS2. The van der Waals surface area contributed by atoms with E-state index in [-0.39, 0.29) is 9.80 Å². The summed E-state index contributed by atoms with van der Waals surface area (Å²) in [7, 11) is 1.86. The highest BCUT2D eigenvalue weighted by Crippen LogP contribution is 2.54. The highest BCUT2D eigenvalue weighted by Gasteiger charge is 2.57. The first kappa shape index (κ1) is 13.8. The molecule has 0 amide bonds. The van der Waals surface area contributed by atoms with E-state index < -0.39 is 0 Å². The van der Waals surface area contributed by atoms with E-state index in [4.69, 9.17) is 4.74 Å². The molecule has 2 fully saturated rings. The van der Waals surface area contributed by atoms with Crippen molar-refractivity contribution in [2.75, 3.05) is 25.2 Å². The molecule has 0 radical (unpaired) electrons. The average Bonchev–Trinajstić information content (AvgIpc) is 2.74. The average molecular weight is 273 g/mol. The number of thioether (sulfide) groups is 2. The van der Waals surface area contributed by atoms with Crippen LogP contribution < -0.4 is 5.32 Å². The third-order valence-corrected chi connectivity index (χ3v) is 7.31. The van der Waals surface area contributed by atoms with Crippen molar-refractivity contribution in [2.24, 2.45) is 5.92 Å². The van der Waals surface area contributed by atoms with Gasteiger partial charge in [0.05, 0.1) is 5.54 Å². The van der Waals surface area contributed by atoms with Crippen LogP contribution in [0.4, 0.5) is 0 Å². The monoisotopic (exact) mass is 273 g/mol. The number of hydrogen-bond donors (Lipinski definition) is 1. The standard InChI is InChI=1S/C13H23NOS2/c1-4-7-12(11(2)6-8-14-12)13(15-3)16-9-5-10-17-13/h4,7,11,14H,5-6,8-10H2,1-3H3/b7-4+/t11-,12-/m0/s1. The second kappa shape index (κ2) is 5.55. The molecule has 0 spiro atoms. The highest BCUT2D eigenvalue weighted by atomic mass is 32.2. The molecule has 2 aliphatic heterocycles. The van der Waals surface area contributed by atoms with Gasteiger partial charge in [-0.2, -0.15) is 0 Å². The summed E-state index contributed by atoms with van der Waals surface area (Å²) in [6, 6.07) is 0. The molecule has 4 heteroatoms. The summed E-state index contributed by atoms with van der Waals surface area (Å²) in [5, 5.41) is 3.73. The molecule has 0 unspecified atom stereocenters. The van der Waals surface area contributed by atoms with Crippen molar-refractivity contribution in [3.8, 4) is 0 Å². The Kier molecular flexibility index (Phi) is 4.50. The van der Waals surface area contributed by atoms with Crippen molar-refractivity contribution in [1.29, 1.82) is 0 Å². The Morgan fingerprint density at radius 1 is 1.35 bits per heavy atom. The SMILES string of the molecule is C/C=C/[C@]1(C2(OC)SCCCS2)NCC[C@@H]1C. The first-order valence-electron chi connectivity index (χ1n) is 6.43. The number of rotatable bonds is 3. The minimum atomic E-state index is -0.145. The van der Waals surface area contributed by atoms with Crippen molar-refractivity contribution in [3.63, 3.8) is 0 Å². The molecule has 98 valence electrons. The Balaban J connectivity index is 2.36. The fourth-order valence-corrected chi connectivity index (χ4v) is 6.46. The molecule has 17 heavy (non-hydrogen) atoms. The highest BCUT2D eigenvalue weighted by molar-refractivity contribution is 8.18. The molecule has 0 aromatic heterocycles. The number of methoxy groups -OCH3 is 1. The van der Waals surface area contributed by atoms with E-state index in [1.807, 2.05) is 30.6 Å². The zero-order chi connectivity index (χ0) is 12.4. The van der Waals surface area contributed by atoms with Gasteiger partial charge in [-0.05, 0) is 43.7 Å². The van der Waals surface area contributed by atoms with E-state index in [1.165, 1.54) is 24.3 Å². The van der Waals surface area contributed by atoms with Gasteiger partial charge >= 0.3 is 0 Å². The summed E-state index contributed by atoms with van der Waals surface area (Å²) in [5.41, 5.74) is -0.00769. The molecule has 0 bridgehead atoms. The normalized spacial score (nSPS) is 37.7. The van der Waals surface area contributed by atoms with Gasteiger partial charge in [-0.3, -0.25) is 0 Å². The van der Waals surface area contributed by atoms with E-state index in [2.05, 4.69) is 31.3 Å². The van der Waals surface area contributed by atoms with Gasteiger partial charge < -0.3 is 10.1 Å². The van der Waals surface area contributed by atoms with Crippen LogP contribution in [0.3, 0.4) is 0 Å².